The van der Waals surface area contributed by atoms with E-state index in [4.69, 9.17) is 34.3 Å². The van der Waals surface area contributed by atoms with Gasteiger partial charge in [-0.3, -0.25) is 0 Å². The molecule has 0 fully saturated rings. The maximum Gasteiger partial charge on any atom is 0.120 e. The molecule has 1 atom stereocenters. The zero-order valence-electron chi connectivity index (χ0n) is 7.87. The first kappa shape index (κ1) is 11.3. The van der Waals surface area contributed by atoms with Crippen LogP contribution < -0.4 is 10.5 Å². The standard InChI is InChI=1S/C10H12ClNOS/c1-7(10(12)14)6-13-9-4-2-3-8(11)5-9/h2-5,7H,6H2,1H3,(H2,12,14). The van der Waals surface area contributed by atoms with Crippen LogP contribution in [0.4, 0.5) is 0 Å². The number of nitrogens with two attached hydrogens (primary N) is 1. The summed E-state index contributed by atoms with van der Waals surface area (Å²) in [4.78, 5) is 0.465. The van der Waals surface area contributed by atoms with Crippen LogP contribution in [0.25, 0.3) is 0 Å². The molecule has 0 spiro atoms. The summed E-state index contributed by atoms with van der Waals surface area (Å²) in [5, 5.41) is 0.658. The number of hydrogen-bond donors (Lipinski definition) is 1. The maximum atomic E-state index is 5.79. The number of rotatable bonds is 4. The maximum absolute atomic E-state index is 5.79. The summed E-state index contributed by atoms with van der Waals surface area (Å²) >= 11 is 10.6. The van der Waals surface area contributed by atoms with Crippen molar-refractivity contribution in [3.63, 3.8) is 0 Å². The predicted molar refractivity (Wildman–Crippen MR) is 62.9 cm³/mol. The van der Waals surface area contributed by atoms with Crippen LogP contribution in [0.5, 0.6) is 5.75 Å². The van der Waals surface area contributed by atoms with E-state index in [1.807, 2.05) is 19.1 Å². The predicted octanol–water partition coefficient (Wildman–Crippen LogP) is 2.64. The molecule has 0 amide bonds. The second-order valence-electron chi connectivity index (χ2n) is 3.07. The van der Waals surface area contributed by atoms with E-state index in [1.54, 1.807) is 12.1 Å². The van der Waals surface area contributed by atoms with Gasteiger partial charge in [0, 0.05) is 10.9 Å². The van der Waals surface area contributed by atoms with Crippen LogP contribution in [-0.4, -0.2) is 11.6 Å². The second-order valence-corrected chi connectivity index (χ2v) is 3.98. The highest BCUT2D eigenvalue weighted by atomic mass is 35.5. The molecule has 0 saturated carbocycles. The molecule has 4 heteroatoms. The van der Waals surface area contributed by atoms with Crippen LogP contribution in [0.3, 0.4) is 0 Å². The zero-order valence-corrected chi connectivity index (χ0v) is 9.44. The van der Waals surface area contributed by atoms with Crippen molar-refractivity contribution in [1.29, 1.82) is 0 Å². The average Bonchev–Trinajstić information content (AvgIpc) is 2.14. The molecular formula is C10H12ClNOS. The Morgan fingerprint density at radius 2 is 2.36 bits per heavy atom. The van der Waals surface area contributed by atoms with Crippen LogP contribution in [0.1, 0.15) is 6.92 Å². The molecule has 2 nitrogen and oxygen atoms in total. The van der Waals surface area contributed by atoms with Gasteiger partial charge in [0.05, 0.1) is 11.6 Å². The van der Waals surface area contributed by atoms with Crippen LogP contribution in [0, 0.1) is 5.92 Å². The van der Waals surface area contributed by atoms with Crippen LogP contribution in [0.15, 0.2) is 24.3 Å². The fourth-order valence-corrected chi connectivity index (χ4v) is 1.11. The summed E-state index contributed by atoms with van der Waals surface area (Å²) in [5.41, 5.74) is 5.46. The lowest BCUT2D eigenvalue weighted by Gasteiger charge is -2.11. The second kappa shape index (κ2) is 5.17. The van der Waals surface area contributed by atoms with E-state index in [0.717, 1.165) is 5.75 Å². The molecule has 0 aliphatic heterocycles. The first-order valence-corrected chi connectivity index (χ1v) is 5.06. The van der Waals surface area contributed by atoms with Gasteiger partial charge in [-0.1, -0.05) is 36.8 Å². The smallest absolute Gasteiger partial charge is 0.120 e. The molecule has 1 rings (SSSR count). The Balaban J connectivity index is 2.49. The van der Waals surface area contributed by atoms with Crippen LogP contribution >= 0.6 is 23.8 Å². The van der Waals surface area contributed by atoms with Crippen molar-refractivity contribution in [3.8, 4) is 5.75 Å². The zero-order chi connectivity index (χ0) is 10.6. The Morgan fingerprint density at radius 3 is 2.93 bits per heavy atom. The van der Waals surface area contributed by atoms with E-state index in [0.29, 0.717) is 16.6 Å². The minimum absolute atomic E-state index is 0.0731. The van der Waals surface area contributed by atoms with Crippen molar-refractivity contribution in [2.75, 3.05) is 6.61 Å². The van der Waals surface area contributed by atoms with Gasteiger partial charge < -0.3 is 10.5 Å². The van der Waals surface area contributed by atoms with Crippen molar-refractivity contribution < 1.29 is 4.74 Å². The highest BCUT2D eigenvalue weighted by Gasteiger charge is 2.05. The monoisotopic (exact) mass is 229 g/mol. The van der Waals surface area contributed by atoms with Gasteiger partial charge in [0.1, 0.15) is 5.75 Å². The van der Waals surface area contributed by atoms with Gasteiger partial charge >= 0.3 is 0 Å². The van der Waals surface area contributed by atoms with E-state index >= 15 is 0 Å². The summed E-state index contributed by atoms with van der Waals surface area (Å²) in [7, 11) is 0. The lowest BCUT2D eigenvalue weighted by molar-refractivity contribution is 0.293. The average molecular weight is 230 g/mol. The van der Waals surface area contributed by atoms with Gasteiger partial charge in [-0.05, 0) is 18.2 Å². The quantitative estimate of drug-likeness (QED) is 0.807. The van der Waals surface area contributed by atoms with Crippen LogP contribution in [0.2, 0.25) is 5.02 Å². The first-order valence-electron chi connectivity index (χ1n) is 4.27. The van der Waals surface area contributed by atoms with Gasteiger partial charge in [-0.2, -0.15) is 0 Å². The van der Waals surface area contributed by atoms with Gasteiger partial charge in [-0.15, -0.1) is 0 Å². The Morgan fingerprint density at radius 1 is 1.64 bits per heavy atom. The summed E-state index contributed by atoms with van der Waals surface area (Å²) < 4.78 is 5.46. The lowest BCUT2D eigenvalue weighted by atomic mass is 10.2. The van der Waals surface area contributed by atoms with E-state index < -0.39 is 0 Å². The number of benzene rings is 1. The normalized spacial score (nSPS) is 12.1. The molecule has 0 heterocycles. The van der Waals surface area contributed by atoms with Crippen molar-refractivity contribution in [2.45, 2.75) is 6.92 Å². The summed E-state index contributed by atoms with van der Waals surface area (Å²) in [6.45, 7) is 2.41. The Kier molecular flexibility index (Phi) is 4.17. The third-order valence-corrected chi connectivity index (χ3v) is 2.42. The highest BCUT2D eigenvalue weighted by Crippen LogP contribution is 2.17. The molecule has 76 valence electrons. The number of halogens is 1. The molecule has 0 aliphatic rings. The molecule has 1 aromatic carbocycles. The molecular weight excluding hydrogens is 218 g/mol. The van der Waals surface area contributed by atoms with Crippen molar-refractivity contribution in [2.24, 2.45) is 11.7 Å². The van der Waals surface area contributed by atoms with Crippen molar-refractivity contribution in [3.05, 3.63) is 29.3 Å². The molecule has 0 radical (unpaired) electrons. The fraction of sp³-hybridized carbons (Fsp3) is 0.300. The highest BCUT2D eigenvalue weighted by molar-refractivity contribution is 7.80. The Labute approximate surface area is 94.0 Å². The molecule has 0 aromatic heterocycles. The largest absolute Gasteiger partial charge is 0.493 e. The third kappa shape index (κ3) is 3.52. The van der Waals surface area contributed by atoms with Gasteiger partial charge in [0.2, 0.25) is 0 Å². The number of ether oxygens (including phenoxy) is 1. The first-order chi connectivity index (χ1) is 6.59. The molecule has 0 aliphatic carbocycles. The minimum atomic E-state index is 0.0731. The van der Waals surface area contributed by atoms with Gasteiger partial charge in [-0.25, -0.2) is 0 Å². The van der Waals surface area contributed by atoms with E-state index in [-0.39, 0.29) is 5.92 Å². The summed E-state index contributed by atoms with van der Waals surface area (Å²) in [6.07, 6.45) is 0. The summed E-state index contributed by atoms with van der Waals surface area (Å²) in [6, 6.07) is 7.24. The van der Waals surface area contributed by atoms with E-state index in [1.165, 1.54) is 0 Å². The topological polar surface area (TPSA) is 35.2 Å². The number of thiocarbonyl (C=S) groups is 1. The molecule has 0 saturated heterocycles. The van der Waals surface area contributed by atoms with E-state index in [9.17, 15) is 0 Å². The molecule has 0 bridgehead atoms. The Bertz CT molecular complexity index is 330. The van der Waals surface area contributed by atoms with Gasteiger partial charge in [0.25, 0.3) is 0 Å². The third-order valence-electron chi connectivity index (χ3n) is 1.78. The fourth-order valence-electron chi connectivity index (χ4n) is 0.860. The molecule has 2 N–H and O–H groups in total. The molecule has 14 heavy (non-hydrogen) atoms. The number of hydrogen-bond acceptors (Lipinski definition) is 2. The van der Waals surface area contributed by atoms with Crippen LogP contribution in [-0.2, 0) is 0 Å². The Hall–Kier alpha value is -0.800. The molecule has 1 unspecified atom stereocenters. The van der Waals surface area contributed by atoms with E-state index in [2.05, 4.69) is 0 Å². The van der Waals surface area contributed by atoms with Crippen molar-refractivity contribution >= 4 is 28.8 Å². The summed E-state index contributed by atoms with van der Waals surface area (Å²) in [5.74, 6) is 0.810. The van der Waals surface area contributed by atoms with Crippen molar-refractivity contribution in [1.82, 2.24) is 0 Å². The SMILES string of the molecule is CC(COc1cccc(Cl)c1)C(N)=S. The minimum Gasteiger partial charge on any atom is -0.493 e. The van der Waals surface area contributed by atoms with Gasteiger partial charge in [0.15, 0.2) is 0 Å². The lowest BCUT2D eigenvalue weighted by Crippen LogP contribution is -2.23. The molecule has 1 aromatic rings.